The van der Waals surface area contributed by atoms with E-state index in [0.29, 0.717) is 22.1 Å². The zero-order chi connectivity index (χ0) is 17.6. The fraction of sp³-hybridized carbons (Fsp3) is 0. The van der Waals surface area contributed by atoms with E-state index in [1.54, 1.807) is 30.3 Å². The summed E-state index contributed by atoms with van der Waals surface area (Å²) in [5.74, 6) is -1.26. The third-order valence-electron chi connectivity index (χ3n) is 4.08. The van der Waals surface area contributed by atoms with Gasteiger partial charge < -0.3 is 19.4 Å². The van der Waals surface area contributed by atoms with Crippen molar-refractivity contribution in [3.8, 4) is 28.2 Å². The molecule has 122 valence electrons. The van der Waals surface area contributed by atoms with Gasteiger partial charge in [0.25, 0.3) is 0 Å². The second kappa shape index (κ2) is 9.45. The second-order valence-corrected chi connectivity index (χ2v) is 5.63. The van der Waals surface area contributed by atoms with Crippen molar-refractivity contribution in [2.45, 2.75) is 0 Å². The summed E-state index contributed by atoms with van der Waals surface area (Å²) in [6.45, 7) is 0. The first-order valence-corrected chi connectivity index (χ1v) is 7.53. The van der Waals surface area contributed by atoms with Gasteiger partial charge in [-0.1, -0.05) is 36.4 Å². The van der Waals surface area contributed by atoms with Crippen molar-refractivity contribution in [2.24, 2.45) is 0 Å². The zero-order valence-corrected chi connectivity index (χ0v) is 21.1. The van der Waals surface area contributed by atoms with Crippen LogP contribution in [0.2, 0.25) is 0 Å². The molecular formula is C20H10K2O5. The molecule has 0 radical (unpaired) electrons. The van der Waals surface area contributed by atoms with E-state index in [1.165, 1.54) is 30.3 Å². The Kier molecular flexibility index (Phi) is 8.03. The maximum atomic E-state index is 11.7. The third-order valence-corrected chi connectivity index (χ3v) is 4.08. The van der Waals surface area contributed by atoms with Gasteiger partial charge in [-0.15, -0.1) is 5.75 Å². The molecule has 1 heterocycles. The first-order valence-electron chi connectivity index (χ1n) is 7.53. The molecule has 1 aliphatic carbocycles. The molecule has 4 rings (SSSR count). The average Bonchev–Trinajstić information content (AvgIpc) is 2.59. The molecule has 0 bridgehead atoms. The van der Waals surface area contributed by atoms with Crippen LogP contribution >= 0.6 is 0 Å². The van der Waals surface area contributed by atoms with Gasteiger partial charge in [0.15, 0.2) is 5.43 Å². The third kappa shape index (κ3) is 4.48. The number of fused-ring (bicyclic) bond motifs is 2. The van der Waals surface area contributed by atoms with Crippen molar-refractivity contribution >= 4 is 16.9 Å². The summed E-state index contributed by atoms with van der Waals surface area (Å²) in [5.41, 5.74) is 1.66. The normalized spacial score (nSPS) is 10.2. The van der Waals surface area contributed by atoms with Gasteiger partial charge >= 0.3 is 103 Å². The fourth-order valence-electron chi connectivity index (χ4n) is 3.02. The average molecular weight is 408 g/mol. The van der Waals surface area contributed by atoms with Crippen LogP contribution in [-0.4, -0.2) is 5.97 Å². The van der Waals surface area contributed by atoms with E-state index >= 15 is 0 Å². The van der Waals surface area contributed by atoms with Crippen LogP contribution in [0, 0.1) is 0 Å². The van der Waals surface area contributed by atoms with Gasteiger partial charge in [-0.25, -0.2) is 0 Å². The first-order chi connectivity index (χ1) is 12.0. The summed E-state index contributed by atoms with van der Waals surface area (Å²) >= 11 is 0. The molecule has 2 aromatic carbocycles. The molecule has 0 fully saturated rings. The molecule has 2 aliphatic rings. The van der Waals surface area contributed by atoms with E-state index in [1.807, 2.05) is 0 Å². The van der Waals surface area contributed by atoms with Crippen LogP contribution in [0.15, 0.2) is 69.9 Å². The molecule has 0 saturated carbocycles. The zero-order valence-electron chi connectivity index (χ0n) is 14.8. The van der Waals surface area contributed by atoms with Crippen LogP contribution in [0.25, 0.3) is 33.4 Å². The van der Waals surface area contributed by atoms with E-state index < -0.39 is 5.97 Å². The van der Waals surface area contributed by atoms with Crippen LogP contribution in [0.1, 0.15) is 10.4 Å². The predicted octanol–water partition coefficient (Wildman–Crippen LogP) is -3.99. The Balaban J connectivity index is 0.00000131. The van der Waals surface area contributed by atoms with E-state index in [-0.39, 0.29) is 131 Å². The maximum absolute atomic E-state index is 11.7. The quantitative estimate of drug-likeness (QED) is 0.249. The molecule has 0 atom stereocenters. The Hall–Kier alpha value is -0.327. The number of rotatable bonds is 2. The molecule has 0 spiro atoms. The number of hydrogen-bond acceptors (Lipinski definition) is 5. The van der Waals surface area contributed by atoms with Crippen LogP contribution in [0.4, 0.5) is 0 Å². The molecule has 7 heteroatoms. The standard InChI is InChI=1S/C20H12O5.2K/c21-11-5-7-15-17(9-11)25-18-10-12(22)6-8-16(18)19(15)13-3-1-2-4-14(13)20(23)24;;/h1-10,21H,(H,23,24);;/q;2*+1/p-2. The van der Waals surface area contributed by atoms with Crippen molar-refractivity contribution in [1.82, 2.24) is 0 Å². The van der Waals surface area contributed by atoms with Crippen molar-refractivity contribution in [1.29, 1.82) is 0 Å². The van der Waals surface area contributed by atoms with Crippen molar-refractivity contribution in [3.05, 3.63) is 76.5 Å². The smallest absolute Gasteiger partial charge is 0.872 e. The summed E-state index contributed by atoms with van der Waals surface area (Å²) < 4.78 is 5.71. The molecule has 0 aromatic heterocycles. The van der Waals surface area contributed by atoms with Crippen LogP contribution in [-0.2, 0) is 0 Å². The van der Waals surface area contributed by atoms with Crippen molar-refractivity contribution in [2.75, 3.05) is 0 Å². The molecule has 0 N–H and O–H groups in total. The van der Waals surface area contributed by atoms with Gasteiger partial charge in [-0.2, -0.15) is 0 Å². The van der Waals surface area contributed by atoms with Gasteiger partial charge in [0.2, 0.25) is 0 Å². The molecule has 0 unspecified atom stereocenters. The summed E-state index contributed by atoms with van der Waals surface area (Å²) in [4.78, 5) is 23.2. The Labute approximate surface area is 239 Å². The molecule has 1 aliphatic heterocycles. The Bertz CT molecular complexity index is 1170. The van der Waals surface area contributed by atoms with Gasteiger partial charge in [0, 0.05) is 28.1 Å². The number of carboxylic acid groups (broad SMARTS) is 1. The summed E-state index contributed by atoms with van der Waals surface area (Å²) in [6, 6.07) is 15.0. The minimum absolute atomic E-state index is 0. The number of benzene rings is 3. The Morgan fingerprint density at radius 1 is 0.889 bits per heavy atom. The van der Waals surface area contributed by atoms with Gasteiger partial charge in [-0.05, 0) is 23.8 Å². The van der Waals surface area contributed by atoms with Gasteiger partial charge in [0.05, 0.1) is 5.97 Å². The summed E-state index contributed by atoms with van der Waals surface area (Å²) in [6.07, 6.45) is 0. The van der Waals surface area contributed by atoms with E-state index in [4.69, 9.17) is 4.42 Å². The topological polar surface area (TPSA) is 93.4 Å². The van der Waals surface area contributed by atoms with Crippen molar-refractivity contribution in [3.63, 3.8) is 0 Å². The minimum Gasteiger partial charge on any atom is -0.872 e. The fourth-order valence-corrected chi connectivity index (χ4v) is 3.02. The monoisotopic (exact) mass is 408 g/mol. The molecule has 0 saturated heterocycles. The molecule has 0 amide bonds. The first kappa shape index (κ1) is 23.0. The Morgan fingerprint density at radius 3 is 2.37 bits per heavy atom. The second-order valence-electron chi connectivity index (χ2n) is 5.63. The van der Waals surface area contributed by atoms with E-state index in [0.717, 1.165) is 0 Å². The maximum Gasteiger partial charge on any atom is 1.00 e. The molecule has 27 heavy (non-hydrogen) atoms. The molecule has 5 nitrogen and oxygen atoms in total. The number of hydrogen-bond donors (Lipinski definition) is 0. The largest absolute Gasteiger partial charge is 1.00 e. The molecule has 2 aromatic rings. The van der Waals surface area contributed by atoms with Gasteiger partial charge in [-0.3, -0.25) is 4.79 Å². The van der Waals surface area contributed by atoms with Gasteiger partial charge in [0.1, 0.15) is 11.3 Å². The number of carboxylic acids is 1. The minimum atomic E-state index is -1.31. The van der Waals surface area contributed by atoms with Crippen LogP contribution in [0.3, 0.4) is 0 Å². The SMILES string of the molecule is O=C([O-])c1ccccc1-c1c2ccc(=O)cc-2oc2cc([O-])ccc12.[K+].[K+]. The predicted molar refractivity (Wildman–Crippen MR) is 88.3 cm³/mol. The van der Waals surface area contributed by atoms with Crippen molar-refractivity contribution < 1.29 is 122 Å². The van der Waals surface area contributed by atoms with Crippen LogP contribution < -0.4 is 118 Å². The number of carbonyl (C=O) groups is 1. The number of aromatic carboxylic acids is 1. The van der Waals surface area contributed by atoms with E-state index in [2.05, 4.69) is 0 Å². The van der Waals surface area contributed by atoms with E-state index in [9.17, 15) is 19.8 Å². The number of carbonyl (C=O) groups excluding carboxylic acids is 1. The summed E-state index contributed by atoms with van der Waals surface area (Å²) in [5, 5.41) is 23.8. The van der Waals surface area contributed by atoms with Crippen LogP contribution in [0.5, 0.6) is 5.75 Å². The molecular weight excluding hydrogens is 398 g/mol. The summed E-state index contributed by atoms with van der Waals surface area (Å²) in [7, 11) is 0. The Morgan fingerprint density at radius 2 is 1.63 bits per heavy atom.